The standard InChI is InChI=1S/C50H54O12/c1-29(36-19-13-10-14-20-36)37-21-15-18-34(24-37)22-23-41(54)61-39-25-40-49(28-58-40,62-33(5)53)44-46(57-27-35-16-11-9-12-17-35)50(56)26-38(59-31(3)51)30(2)42(47(50,6)7)43(60-32(4)52)45(55)48(39,44)8/h9-24,38-40,43-44,46,56H,1,25-28H2,2-8H3/b23-22+/t38-,39-,40+,43+,44-,46-,48+,49-,50+/m0/s1. The summed E-state index contributed by atoms with van der Waals surface area (Å²) in [6.07, 6.45) is -3.73. The molecule has 62 heavy (non-hydrogen) atoms. The largest absolute Gasteiger partial charge is 0.458 e. The van der Waals surface area contributed by atoms with Gasteiger partial charge in [-0.3, -0.25) is 19.2 Å². The number of aliphatic hydroxyl groups is 1. The molecule has 9 atom stereocenters. The van der Waals surface area contributed by atoms with Crippen LogP contribution in [-0.4, -0.2) is 83.1 Å². The number of hydrogen-bond donors (Lipinski definition) is 1. The van der Waals surface area contributed by atoms with E-state index >= 15 is 4.79 Å². The Hall–Kier alpha value is -5.69. The summed E-state index contributed by atoms with van der Waals surface area (Å²) < 4.78 is 37.5. The molecule has 0 radical (unpaired) electrons. The normalized spacial score (nSPS) is 31.0. The number of benzene rings is 3. The van der Waals surface area contributed by atoms with Crippen molar-refractivity contribution in [2.45, 2.75) is 110 Å². The molecular formula is C50H54O12. The fraction of sp³-hybridized carbons (Fsp3) is 0.420. The van der Waals surface area contributed by atoms with E-state index < -0.39 is 88.1 Å². The first-order chi connectivity index (χ1) is 29.3. The molecule has 326 valence electrons. The highest BCUT2D eigenvalue weighted by atomic mass is 16.6. The van der Waals surface area contributed by atoms with Crippen molar-refractivity contribution < 1.29 is 57.5 Å². The molecule has 12 heteroatoms. The Morgan fingerprint density at radius 3 is 2.11 bits per heavy atom. The van der Waals surface area contributed by atoms with Crippen molar-refractivity contribution in [1.82, 2.24) is 0 Å². The van der Waals surface area contributed by atoms with E-state index in [4.69, 9.17) is 28.4 Å². The van der Waals surface area contributed by atoms with Gasteiger partial charge in [-0.05, 0) is 65.0 Å². The lowest BCUT2D eigenvalue weighted by Crippen LogP contribution is -2.82. The second-order valence-corrected chi connectivity index (χ2v) is 17.6. The molecule has 1 N–H and O–H groups in total. The molecule has 3 aromatic rings. The molecular weight excluding hydrogens is 793 g/mol. The molecule has 12 nitrogen and oxygen atoms in total. The quantitative estimate of drug-likeness (QED) is 0.0921. The molecule has 0 amide bonds. The second-order valence-electron chi connectivity index (χ2n) is 17.6. The van der Waals surface area contributed by atoms with Gasteiger partial charge in [-0.2, -0.15) is 0 Å². The number of esters is 4. The predicted molar refractivity (Wildman–Crippen MR) is 228 cm³/mol. The summed E-state index contributed by atoms with van der Waals surface area (Å²) in [5.41, 5.74) is -2.22. The smallest absolute Gasteiger partial charge is 0.331 e. The topological polar surface area (TPSA) is 161 Å². The van der Waals surface area contributed by atoms with E-state index in [0.717, 1.165) is 22.3 Å². The Bertz CT molecular complexity index is 2330. The van der Waals surface area contributed by atoms with Crippen molar-refractivity contribution in [2.75, 3.05) is 6.61 Å². The minimum Gasteiger partial charge on any atom is -0.458 e. The fourth-order valence-electron chi connectivity index (χ4n) is 10.4. The lowest BCUT2D eigenvalue weighted by Gasteiger charge is -2.68. The van der Waals surface area contributed by atoms with Gasteiger partial charge in [0.2, 0.25) is 0 Å². The lowest BCUT2D eigenvalue weighted by atomic mass is 9.44. The number of Topliss-reactive ketones (excluding diaryl/α,β-unsaturated/α-hetero) is 1. The monoisotopic (exact) mass is 846 g/mol. The average Bonchev–Trinajstić information content (AvgIpc) is 3.22. The van der Waals surface area contributed by atoms with Crippen LogP contribution in [0.15, 0.2) is 109 Å². The maximum Gasteiger partial charge on any atom is 0.331 e. The lowest BCUT2D eigenvalue weighted by molar-refractivity contribution is -0.352. The van der Waals surface area contributed by atoms with Gasteiger partial charge >= 0.3 is 23.9 Å². The number of rotatable bonds is 11. The zero-order valence-electron chi connectivity index (χ0n) is 36.2. The van der Waals surface area contributed by atoms with Crippen molar-refractivity contribution in [3.63, 3.8) is 0 Å². The highest BCUT2D eigenvalue weighted by Crippen LogP contribution is 2.65. The van der Waals surface area contributed by atoms with Crippen LogP contribution in [0.4, 0.5) is 0 Å². The van der Waals surface area contributed by atoms with Crippen molar-refractivity contribution in [1.29, 1.82) is 0 Å². The van der Waals surface area contributed by atoms with Gasteiger partial charge in [0.15, 0.2) is 17.5 Å². The van der Waals surface area contributed by atoms with Crippen molar-refractivity contribution in [3.05, 3.63) is 131 Å². The molecule has 2 saturated carbocycles. The van der Waals surface area contributed by atoms with E-state index in [0.29, 0.717) is 11.1 Å². The Balaban J connectivity index is 1.38. The summed E-state index contributed by atoms with van der Waals surface area (Å²) in [5.74, 6) is -4.85. The van der Waals surface area contributed by atoms with Gasteiger partial charge < -0.3 is 33.5 Å². The summed E-state index contributed by atoms with van der Waals surface area (Å²) in [4.78, 5) is 68.9. The van der Waals surface area contributed by atoms with Gasteiger partial charge in [0, 0.05) is 51.0 Å². The summed E-state index contributed by atoms with van der Waals surface area (Å²) in [5, 5.41) is 13.6. The SMILES string of the molecule is C=C(c1ccccc1)c1cccc(/C=C/C(=O)O[C@H]2C[C@H]3OC[C@@]3(OC(C)=O)[C@H]3[C@H](OCc4ccccc4)[C@]4(O)C[C@H](OC(C)=O)C(C)=C([C@@H](OC(C)=O)C(=O)[C@]23C)C4(C)C)c1. The first kappa shape index (κ1) is 44.4. The zero-order chi connectivity index (χ0) is 44.8. The van der Waals surface area contributed by atoms with Crippen LogP contribution < -0.4 is 0 Å². The number of hydrogen-bond acceptors (Lipinski definition) is 12. The van der Waals surface area contributed by atoms with Crippen molar-refractivity contribution >= 4 is 41.3 Å². The summed E-state index contributed by atoms with van der Waals surface area (Å²) in [7, 11) is 0. The number of ketones is 1. The molecule has 0 aromatic heterocycles. The summed E-state index contributed by atoms with van der Waals surface area (Å²) in [6.45, 7) is 14.4. The van der Waals surface area contributed by atoms with Crippen LogP contribution in [0.1, 0.15) is 83.6 Å². The first-order valence-corrected chi connectivity index (χ1v) is 20.9. The Morgan fingerprint density at radius 2 is 1.50 bits per heavy atom. The maximum atomic E-state index is 15.9. The minimum atomic E-state index is -2.02. The molecule has 1 saturated heterocycles. The van der Waals surface area contributed by atoms with Gasteiger partial charge in [-0.25, -0.2) is 4.79 Å². The Labute approximate surface area is 361 Å². The van der Waals surface area contributed by atoms with Crippen molar-refractivity contribution in [2.24, 2.45) is 16.7 Å². The van der Waals surface area contributed by atoms with Crippen LogP contribution >= 0.6 is 0 Å². The molecule has 0 spiro atoms. The second kappa shape index (κ2) is 16.9. The minimum absolute atomic E-state index is 0.0566. The van der Waals surface area contributed by atoms with Crippen molar-refractivity contribution in [3.8, 4) is 0 Å². The number of carbonyl (C=O) groups is 5. The third-order valence-electron chi connectivity index (χ3n) is 13.5. The predicted octanol–water partition coefficient (Wildman–Crippen LogP) is 6.91. The van der Waals surface area contributed by atoms with Gasteiger partial charge in [-0.15, -0.1) is 0 Å². The van der Waals surface area contributed by atoms with Gasteiger partial charge in [0.05, 0.1) is 24.7 Å². The molecule has 1 aliphatic heterocycles. The third kappa shape index (κ3) is 7.73. The summed E-state index contributed by atoms with van der Waals surface area (Å²) in [6, 6.07) is 26.4. The highest BCUT2D eigenvalue weighted by Gasteiger charge is 2.78. The van der Waals surface area contributed by atoms with Crippen LogP contribution in [0.25, 0.3) is 11.6 Å². The molecule has 1 heterocycles. The first-order valence-electron chi connectivity index (χ1n) is 20.9. The van der Waals surface area contributed by atoms with E-state index in [2.05, 4.69) is 6.58 Å². The summed E-state index contributed by atoms with van der Waals surface area (Å²) >= 11 is 0. The molecule has 2 bridgehead atoms. The van der Waals surface area contributed by atoms with Gasteiger partial charge in [0.1, 0.15) is 23.9 Å². The molecule has 3 aliphatic carbocycles. The van der Waals surface area contributed by atoms with E-state index in [-0.39, 0.29) is 31.6 Å². The molecule has 4 aliphatic rings. The van der Waals surface area contributed by atoms with Crippen LogP contribution in [0, 0.1) is 16.7 Å². The molecule has 0 unspecified atom stereocenters. The van der Waals surface area contributed by atoms with E-state index in [1.807, 2.05) is 84.9 Å². The fourth-order valence-corrected chi connectivity index (χ4v) is 10.4. The zero-order valence-corrected chi connectivity index (χ0v) is 36.2. The van der Waals surface area contributed by atoms with E-state index in [1.54, 1.807) is 33.8 Å². The molecule has 3 aromatic carbocycles. The average molecular weight is 847 g/mol. The maximum absolute atomic E-state index is 15.9. The highest BCUT2D eigenvalue weighted by molar-refractivity contribution is 5.96. The van der Waals surface area contributed by atoms with Crippen LogP contribution in [0.3, 0.4) is 0 Å². The Kier molecular flexibility index (Phi) is 12.1. The van der Waals surface area contributed by atoms with Crippen LogP contribution in [-0.2, 0) is 59.0 Å². The van der Waals surface area contributed by atoms with Crippen LogP contribution in [0.2, 0.25) is 0 Å². The number of carbonyl (C=O) groups excluding carboxylic acids is 5. The number of ether oxygens (including phenoxy) is 6. The third-order valence-corrected chi connectivity index (χ3v) is 13.5. The molecule has 3 fully saturated rings. The van der Waals surface area contributed by atoms with Crippen LogP contribution in [0.5, 0.6) is 0 Å². The van der Waals surface area contributed by atoms with Gasteiger partial charge in [0.25, 0.3) is 0 Å². The van der Waals surface area contributed by atoms with E-state index in [1.165, 1.54) is 26.8 Å². The molecule has 7 rings (SSSR count). The Morgan fingerprint density at radius 1 is 0.855 bits per heavy atom. The van der Waals surface area contributed by atoms with Gasteiger partial charge in [-0.1, -0.05) is 99.3 Å². The van der Waals surface area contributed by atoms with E-state index in [9.17, 15) is 24.3 Å². The number of fused-ring (bicyclic) bond motifs is 5.